The fraction of sp³-hybridized carbons (Fsp3) is 1.00. The maximum absolute atomic E-state index is 3.63. The van der Waals surface area contributed by atoms with Gasteiger partial charge < -0.3 is 5.32 Å². The molecule has 0 saturated heterocycles. The van der Waals surface area contributed by atoms with Gasteiger partial charge in [0.25, 0.3) is 0 Å². The van der Waals surface area contributed by atoms with Crippen molar-refractivity contribution in [3.63, 3.8) is 0 Å². The van der Waals surface area contributed by atoms with Crippen molar-refractivity contribution in [2.75, 3.05) is 26.2 Å². The summed E-state index contributed by atoms with van der Waals surface area (Å²) in [6.07, 6.45) is 6.50. The van der Waals surface area contributed by atoms with Crippen LogP contribution in [0.5, 0.6) is 0 Å². The summed E-state index contributed by atoms with van der Waals surface area (Å²) in [5.74, 6) is 1.62. The zero-order valence-electron chi connectivity index (χ0n) is 15.0. The second-order valence-corrected chi connectivity index (χ2v) is 7.05. The highest BCUT2D eigenvalue weighted by atomic mass is 15.2. The van der Waals surface area contributed by atoms with Crippen LogP contribution in [0.3, 0.4) is 0 Å². The van der Waals surface area contributed by atoms with E-state index in [0.717, 1.165) is 31.0 Å². The zero-order valence-corrected chi connectivity index (χ0v) is 15.0. The Balaban J connectivity index is 4.43. The van der Waals surface area contributed by atoms with Gasteiger partial charge in [0.15, 0.2) is 0 Å². The Kier molecular flexibility index (Phi) is 12.6. The molecule has 0 aliphatic rings. The molecule has 0 bridgehead atoms. The van der Waals surface area contributed by atoms with Gasteiger partial charge in [-0.2, -0.15) is 0 Å². The maximum atomic E-state index is 3.63. The summed E-state index contributed by atoms with van der Waals surface area (Å²) in [6, 6.07) is 0.726. The van der Waals surface area contributed by atoms with Gasteiger partial charge in [0.05, 0.1) is 0 Å². The predicted molar refractivity (Wildman–Crippen MR) is 92.3 cm³/mol. The second kappa shape index (κ2) is 12.6. The van der Waals surface area contributed by atoms with Crippen LogP contribution in [0.25, 0.3) is 0 Å². The zero-order chi connectivity index (χ0) is 15.4. The summed E-state index contributed by atoms with van der Waals surface area (Å²) >= 11 is 0. The number of nitrogens with zero attached hydrogens (tertiary/aromatic N) is 1. The lowest BCUT2D eigenvalue weighted by Crippen LogP contribution is -2.44. The minimum Gasteiger partial charge on any atom is -0.315 e. The van der Waals surface area contributed by atoms with Crippen molar-refractivity contribution >= 4 is 0 Å². The molecular weight excluding hydrogens is 244 g/mol. The summed E-state index contributed by atoms with van der Waals surface area (Å²) < 4.78 is 0. The Bertz CT molecular complexity index is 190. The quantitative estimate of drug-likeness (QED) is 0.499. The van der Waals surface area contributed by atoms with E-state index in [1.165, 1.54) is 45.2 Å². The normalized spacial score (nSPS) is 13.7. The summed E-state index contributed by atoms with van der Waals surface area (Å²) in [5.41, 5.74) is 0. The van der Waals surface area contributed by atoms with Crippen molar-refractivity contribution < 1.29 is 0 Å². The van der Waals surface area contributed by atoms with Gasteiger partial charge in [-0.05, 0) is 57.2 Å². The monoisotopic (exact) mass is 284 g/mol. The molecular formula is C18H40N2. The minimum absolute atomic E-state index is 0.726. The average Bonchev–Trinajstić information content (AvgIpc) is 2.38. The molecule has 0 saturated carbocycles. The van der Waals surface area contributed by atoms with Crippen LogP contribution >= 0.6 is 0 Å². The molecule has 1 atom stereocenters. The van der Waals surface area contributed by atoms with E-state index in [0.29, 0.717) is 0 Å². The molecule has 0 heterocycles. The first-order chi connectivity index (χ1) is 9.51. The maximum Gasteiger partial charge on any atom is 0.0220 e. The van der Waals surface area contributed by atoms with Crippen LogP contribution < -0.4 is 5.32 Å². The van der Waals surface area contributed by atoms with Gasteiger partial charge in [0.1, 0.15) is 0 Å². The van der Waals surface area contributed by atoms with E-state index in [9.17, 15) is 0 Å². The molecule has 0 aromatic carbocycles. The first-order valence-electron chi connectivity index (χ1n) is 8.95. The van der Waals surface area contributed by atoms with Gasteiger partial charge in [0, 0.05) is 12.6 Å². The van der Waals surface area contributed by atoms with E-state index in [2.05, 4.69) is 51.8 Å². The van der Waals surface area contributed by atoms with Crippen molar-refractivity contribution in [3.05, 3.63) is 0 Å². The van der Waals surface area contributed by atoms with Crippen LogP contribution in [0.1, 0.15) is 73.6 Å². The van der Waals surface area contributed by atoms with Gasteiger partial charge in [-0.25, -0.2) is 0 Å². The van der Waals surface area contributed by atoms with Crippen LogP contribution in [0.4, 0.5) is 0 Å². The molecule has 0 radical (unpaired) electrons. The van der Waals surface area contributed by atoms with Crippen molar-refractivity contribution in [1.82, 2.24) is 10.2 Å². The van der Waals surface area contributed by atoms with Crippen LogP contribution in [0.2, 0.25) is 0 Å². The first kappa shape index (κ1) is 19.9. The molecule has 1 N–H and O–H groups in total. The molecule has 0 aromatic heterocycles. The molecule has 0 amide bonds. The molecule has 0 aromatic rings. The standard InChI is InChI=1S/C18H40N2/c1-7-9-18(15-19-12-8-2)20(13-10-16(3)4)14-11-17(5)6/h16-19H,7-15H2,1-6H3. The lowest BCUT2D eigenvalue weighted by Gasteiger charge is -2.33. The lowest BCUT2D eigenvalue weighted by atomic mass is 10.0. The van der Waals surface area contributed by atoms with Crippen molar-refractivity contribution in [3.8, 4) is 0 Å². The molecule has 2 heteroatoms. The largest absolute Gasteiger partial charge is 0.315 e. The van der Waals surface area contributed by atoms with Crippen LogP contribution in [0, 0.1) is 11.8 Å². The first-order valence-corrected chi connectivity index (χ1v) is 8.95. The average molecular weight is 285 g/mol. The number of nitrogens with one attached hydrogen (secondary N) is 1. The van der Waals surface area contributed by atoms with Gasteiger partial charge in [-0.15, -0.1) is 0 Å². The van der Waals surface area contributed by atoms with E-state index < -0.39 is 0 Å². The Morgan fingerprint density at radius 2 is 1.35 bits per heavy atom. The van der Waals surface area contributed by atoms with E-state index in [-0.39, 0.29) is 0 Å². The molecule has 0 rings (SSSR count). The van der Waals surface area contributed by atoms with Crippen molar-refractivity contribution in [2.24, 2.45) is 11.8 Å². The molecule has 0 fully saturated rings. The van der Waals surface area contributed by atoms with Crippen LogP contribution in [0.15, 0.2) is 0 Å². The number of hydrogen-bond acceptors (Lipinski definition) is 2. The molecule has 20 heavy (non-hydrogen) atoms. The third-order valence-electron chi connectivity index (χ3n) is 3.93. The van der Waals surface area contributed by atoms with Crippen molar-refractivity contribution in [1.29, 1.82) is 0 Å². The summed E-state index contributed by atoms with van der Waals surface area (Å²) in [5, 5.41) is 3.63. The molecule has 0 aliphatic heterocycles. The highest BCUT2D eigenvalue weighted by Crippen LogP contribution is 2.13. The predicted octanol–water partition coefficient (Wildman–Crippen LogP) is 4.55. The van der Waals surface area contributed by atoms with Crippen molar-refractivity contribution in [2.45, 2.75) is 79.7 Å². The number of hydrogen-bond donors (Lipinski definition) is 1. The lowest BCUT2D eigenvalue weighted by molar-refractivity contribution is 0.164. The molecule has 1 unspecified atom stereocenters. The van der Waals surface area contributed by atoms with Crippen LogP contribution in [-0.2, 0) is 0 Å². The Hall–Kier alpha value is -0.0800. The fourth-order valence-electron chi connectivity index (χ4n) is 2.52. The topological polar surface area (TPSA) is 15.3 Å². The van der Waals surface area contributed by atoms with E-state index in [1.807, 2.05) is 0 Å². The SMILES string of the molecule is CCCNCC(CCC)N(CCC(C)C)CCC(C)C. The van der Waals surface area contributed by atoms with E-state index in [1.54, 1.807) is 0 Å². The molecule has 0 spiro atoms. The second-order valence-electron chi connectivity index (χ2n) is 7.05. The molecule has 122 valence electrons. The minimum atomic E-state index is 0.726. The van der Waals surface area contributed by atoms with Gasteiger partial charge in [-0.1, -0.05) is 48.0 Å². The Morgan fingerprint density at radius 3 is 1.75 bits per heavy atom. The smallest absolute Gasteiger partial charge is 0.0220 e. The van der Waals surface area contributed by atoms with Crippen LogP contribution in [-0.4, -0.2) is 37.1 Å². The molecule has 0 aliphatic carbocycles. The van der Waals surface area contributed by atoms with Gasteiger partial charge in [-0.3, -0.25) is 4.90 Å². The summed E-state index contributed by atoms with van der Waals surface area (Å²) in [4.78, 5) is 2.76. The Morgan fingerprint density at radius 1 is 0.800 bits per heavy atom. The van der Waals surface area contributed by atoms with Gasteiger partial charge >= 0.3 is 0 Å². The van der Waals surface area contributed by atoms with E-state index in [4.69, 9.17) is 0 Å². The fourth-order valence-corrected chi connectivity index (χ4v) is 2.52. The summed E-state index contributed by atoms with van der Waals surface area (Å²) in [7, 11) is 0. The van der Waals surface area contributed by atoms with E-state index >= 15 is 0 Å². The Labute approximate surface area is 128 Å². The third-order valence-corrected chi connectivity index (χ3v) is 3.93. The number of rotatable bonds is 13. The highest BCUT2D eigenvalue weighted by molar-refractivity contribution is 4.75. The van der Waals surface area contributed by atoms with Gasteiger partial charge in [0.2, 0.25) is 0 Å². The third kappa shape index (κ3) is 10.7. The molecule has 2 nitrogen and oxygen atoms in total. The highest BCUT2D eigenvalue weighted by Gasteiger charge is 2.17. The summed E-state index contributed by atoms with van der Waals surface area (Å²) in [6.45, 7) is 18.8.